The van der Waals surface area contributed by atoms with Crippen LogP contribution in [0.2, 0.25) is 0 Å². The largest absolute Gasteiger partial charge is 0.396 e. The Hall–Kier alpha value is -0.650. The van der Waals surface area contributed by atoms with Gasteiger partial charge in [0.05, 0.1) is 18.1 Å². The third-order valence-electron chi connectivity index (χ3n) is 3.81. The first-order chi connectivity index (χ1) is 8.68. The van der Waals surface area contributed by atoms with Crippen molar-refractivity contribution in [3.63, 3.8) is 0 Å². The van der Waals surface area contributed by atoms with Gasteiger partial charge in [-0.25, -0.2) is 0 Å². The molecule has 0 radical (unpaired) electrons. The van der Waals surface area contributed by atoms with E-state index in [0.29, 0.717) is 13.0 Å². The quantitative estimate of drug-likeness (QED) is 0.613. The maximum absolute atomic E-state index is 12.4. The third-order valence-corrected chi connectivity index (χ3v) is 3.81. The standard InChI is InChI=1S/C13H26N2O3/c1-3-13(6-4-7-14-10-13)12(17)15-11(5-8-16)9-18-2/h11,14,16H,3-10H2,1-2H3,(H,15,17). The maximum Gasteiger partial charge on any atom is 0.227 e. The second kappa shape index (κ2) is 7.71. The van der Waals surface area contributed by atoms with Crippen LogP contribution in [-0.4, -0.2) is 50.5 Å². The molecule has 1 rings (SSSR count). The number of amides is 1. The summed E-state index contributed by atoms with van der Waals surface area (Å²) in [6, 6.07) is -0.0992. The summed E-state index contributed by atoms with van der Waals surface area (Å²) in [6.45, 7) is 4.30. The number of carbonyl (C=O) groups excluding carboxylic acids is 1. The lowest BCUT2D eigenvalue weighted by Crippen LogP contribution is -2.53. The number of nitrogens with one attached hydrogen (secondary N) is 2. The minimum absolute atomic E-state index is 0.0612. The molecule has 106 valence electrons. The van der Waals surface area contributed by atoms with Crippen molar-refractivity contribution in [1.82, 2.24) is 10.6 Å². The zero-order valence-corrected chi connectivity index (χ0v) is 11.5. The van der Waals surface area contributed by atoms with Crippen LogP contribution in [0.3, 0.4) is 0 Å². The van der Waals surface area contributed by atoms with Gasteiger partial charge in [0.25, 0.3) is 0 Å². The Bertz CT molecular complexity index is 247. The van der Waals surface area contributed by atoms with Gasteiger partial charge in [0.15, 0.2) is 0 Å². The Balaban J connectivity index is 2.59. The molecule has 1 saturated heterocycles. The van der Waals surface area contributed by atoms with Gasteiger partial charge in [-0.15, -0.1) is 0 Å². The molecule has 1 heterocycles. The van der Waals surface area contributed by atoms with E-state index in [0.717, 1.165) is 32.4 Å². The lowest BCUT2D eigenvalue weighted by atomic mass is 9.77. The van der Waals surface area contributed by atoms with Crippen LogP contribution in [0.15, 0.2) is 0 Å². The second-order valence-electron chi connectivity index (χ2n) is 5.05. The Morgan fingerprint density at radius 3 is 2.89 bits per heavy atom. The van der Waals surface area contributed by atoms with Gasteiger partial charge in [-0.05, 0) is 32.2 Å². The van der Waals surface area contributed by atoms with Gasteiger partial charge in [0.1, 0.15) is 0 Å². The number of methoxy groups -OCH3 is 1. The summed E-state index contributed by atoms with van der Waals surface area (Å²) in [5, 5.41) is 15.3. The number of rotatable bonds is 7. The fraction of sp³-hybridized carbons (Fsp3) is 0.923. The van der Waals surface area contributed by atoms with Gasteiger partial charge in [0.2, 0.25) is 5.91 Å². The molecular formula is C13H26N2O3. The first-order valence-electron chi connectivity index (χ1n) is 6.80. The minimum Gasteiger partial charge on any atom is -0.396 e. The van der Waals surface area contributed by atoms with Crippen LogP contribution < -0.4 is 10.6 Å². The molecule has 2 atom stereocenters. The van der Waals surface area contributed by atoms with Crippen LogP contribution in [0.25, 0.3) is 0 Å². The van der Waals surface area contributed by atoms with Gasteiger partial charge >= 0.3 is 0 Å². The van der Waals surface area contributed by atoms with Crippen molar-refractivity contribution in [2.45, 2.75) is 38.6 Å². The van der Waals surface area contributed by atoms with Crippen LogP contribution in [0, 0.1) is 5.41 Å². The molecule has 18 heavy (non-hydrogen) atoms. The molecule has 0 aromatic rings. The predicted octanol–water partition coefficient (Wildman–Crippen LogP) is 0.280. The molecule has 0 spiro atoms. The molecular weight excluding hydrogens is 232 g/mol. The van der Waals surface area contributed by atoms with Gasteiger partial charge < -0.3 is 20.5 Å². The Morgan fingerprint density at radius 1 is 1.61 bits per heavy atom. The number of aliphatic hydroxyl groups excluding tert-OH is 1. The van der Waals surface area contributed by atoms with Crippen molar-refractivity contribution in [1.29, 1.82) is 0 Å². The van der Waals surface area contributed by atoms with Crippen LogP contribution in [0.5, 0.6) is 0 Å². The molecule has 5 nitrogen and oxygen atoms in total. The molecule has 5 heteroatoms. The number of hydrogen-bond acceptors (Lipinski definition) is 4. The normalized spacial score (nSPS) is 25.7. The highest BCUT2D eigenvalue weighted by Crippen LogP contribution is 2.30. The highest BCUT2D eigenvalue weighted by Gasteiger charge is 2.38. The zero-order chi connectivity index (χ0) is 13.4. The topological polar surface area (TPSA) is 70.6 Å². The van der Waals surface area contributed by atoms with E-state index in [2.05, 4.69) is 17.6 Å². The SMILES string of the molecule is CCC1(C(=O)NC(CCO)COC)CCCNC1. The summed E-state index contributed by atoms with van der Waals surface area (Å²) < 4.78 is 5.07. The third kappa shape index (κ3) is 3.93. The van der Waals surface area contributed by atoms with Gasteiger partial charge in [-0.2, -0.15) is 0 Å². The van der Waals surface area contributed by atoms with E-state index in [9.17, 15) is 4.79 Å². The first kappa shape index (κ1) is 15.4. The average Bonchev–Trinajstić information content (AvgIpc) is 2.40. The number of carbonyl (C=O) groups is 1. The summed E-state index contributed by atoms with van der Waals surface area (Å²) in [4.78, 5) is 12.4. The van der Waals surface area contributed by atoms with E-state index in [-0.39, 0.29) is 24.0 Å². The summed E-state index contributed by atoms with van der Waals surface area (Å²) in [5.74, 6) is 0.0905. The number of ether oxygens (including phenoxy) is 1. The molecule has 1 fully saturated rings. The van der Waals surface area contributed by atoms with E-state index in [1.165, 1.54) is 0 Å². The van der Waals surface area contributed by atoms with Crippen LogP contribution in [0.4, 0.5) is 0 Å². The molecule has 0 saturated carbocycles. The Labute approximate surface area is 109 Å². The molecule has 0 aliphatic carbocycles. The van der Waals surface area contributed by atoms with Crippen molar-refractivity contribution in [3.8, 4) is 0 Å². The van der Waals surface area contributed by atoms with Crippen molar-refractivity contribution in [3.05, 3.63) is 0 Å². The minimum atomic E-state index is -0.292. The van der Waals surface area contributed by atoms with E-state index in [1.807, 2.05) is 0 Å². The van der Waals surface area contributed by atoms with E-state index in [4.69, 9.17) is 9.84 Å². The molecule has 0 aromatic carbocycles. The van der Waals surface area contributed by atoms with Crippen LogP contribution in [-0.2, 0) is 9.53 Å². The van der Waals surface area contributed by atoms with Crippen LogP contribution >= 0.6 is 0 Å². The molecule has 3 N–H and O–H groups in total. The summed E-state index contributed by atoms with van der Waals surface area (Å²) in [5.41, 5.74) is -0.292. The number of hydrogen-bond donors (Lipinski definition) is 3. The number of aliphatic hydroxyl groups is 1. The highest BCUT2D eigenvalue weighted by molar-refractivity contribution is 5.83. The Kier molecular flexibility index (Phi) is 6.60. The summed E-state index contributed by atoms with van der Waals surface area (Å²) >= 11 is 0. The molecule has 0 bridgehead atoms. The molecule has 1 aliphatic rings. The number of piperidine rings is 1. The molecule has 2 unspecified atom stereocenters. The van der Waals surface area contributed by atoms with E-state index >= 15 is 0 Å². The second-order valence-corrected chi connectivity index (χ2v) is 5.05. The van der Waals surface area contributed by atoms with Crippen molar-refractivity contribution in [2.75, 3.05) is 33.4 Å². The molecule has 1 aliphatic heterocycles. The predicted molar refractivity (Wildman–Crippen MR) is 70.3 cm³/mol. The highest BCUT2D eigenvalue weighted by atomic mass is 16.5. The maximum atomic E-state index is 12.4. The zero-order valence-electron chi connectivity index (χ0n) is 11.5. The van der Waals surface area contributed by atoms with Crippen LogP contribution in [0.1, 0.15) is 32.6 Å². The van der Waals surface area contributed by atoms with E-state index < -0.39 is 0 Å². The molecule has 1 amide bonds. The first-order valence-corrected chi connectivity index (χ1v) is 6.80. The van der Waals surface area contributed by atoms with Gasteiger partial charge in [-0.1, -0.05) is 6.92 Å². The van der Waals surface area contributed by atoms with Crippen molar-refractivity contribution in [2.24, 2.45) is 5.41 Å². The van der Waals surface area contributed by atoms with Gasteiger partial charge in [0, 0.05) is 20.3 Å². The van der Waals surface area contributed by atoms with Crippen molar-refractivity contribution < 1.29 is 14.6 Å². The Morgan fingerprint density at radius 2 is 2.39 bits per heavy atom. The van der Waals surface area contributed by atoms with Crippen molar-refractivity contribution >= 4 is 5.91 Å². The molecule has 0 aromatic heterocycles. The smallest absolute Gasteiger partial charge is 0.227 e. The monoisotopic (exact) mass is 258 g/mol. The summed E-state index contributed by atoms with van der Waals surface area (Å²) in [6.07, 6.45) is 3.34. The summed E-state index contributed by atoms with van der Waals surface area (Å²) in [7, 11) is 1.61. The lowest BCUT2D eigenvalue weighted by Gasteiger charge is -2.36. The fourth-order valence-electron chi connectivity index (χ4n) is 2.52. The lowest BCUT2D eigenvalue weighted by molar-refractivity contribution is -0.133. The van der Waals surface area contributed by atoms with E-state index in [1.54, 1.807) is 7.11 Å². The fourth-order valence-corrected chi connectivity index (χ4v) is 2.52. The average molecular weight is 258 g/mol. The van der Waals surface area contributed by atoms with Gasteiger partial charge in [-0.3, -0.25) is 4.79 Å².